The molecule has 1 aliphatic rings. The number of nitrogens with zero attached hydrogens (tertiary/aromatic N) is 2. The molecule has 0 aliphatic carbocycles. The van der Waals surface area contributed by atoms with Gasteiger partial charge in [-0.1, -0.05) is 48.0 Å². The van der Waals surface area contributed by atoms with E-state index in [0.29, 0.717) is 48.1 Å². The molecule has 0 saturated carbocycles. The lowest BCUT2D eigenvalue weighted by atomic mass is 10.0. The van der Waals surface area contributed by atoms with Gasteiger partial charge in [-0.3, -0.25) is 14.3 Å². The lowest BCUT2D eigenvalue weighted by Crippen LogP contribution is -2.55. The van der Waals surface area contributed by atoms with Crippen molar-refractivity contribution in [3.05, 3.63) is 88.9 Å². The lowest BCUT2D eigenvalue weighted by molar-refractivity contribution is -0.133. The van der Waals surface area contributed by atoms with Crippen LogP contribution in [0.15, 0.2) is 72.8 Å². The van der Waals surface area contributed by atoms with Crippen LogP contribution in [0, 0.1) is 0 Å². The van der Waals surface area contributed by atoms with Crippen molar-refractivity contribution in [2.45, 2.75) is 12.5 Å². The molecule has 38 heavy (non-hydrogen) atoms. The van der Waals surface area contributed by atoms with E-state index in [1.807, 2.05) is 29.2 Å². The Kier molecular flexibility index (Phi) is 8.43. The Bertz CT molecular complexity index is 1410. The summed E-state index contributed by atoms with van der Waals surface area (Å²) >= 11 is 6.02. The first-order valence-corrected chi connectivity index (χ1v) is 14.4. The van der Waals surface area contributed by atoms with Crippen molar-refractivity contribution in [3.8, 4) is 0 Å². The maximum atomic E-state index is 13.7. The molecule has 11 heteroatoms. The second kappa shape index (κ2) is 11.7. The Hall–Kier alpha value is -3.76. The van der Waals surface area contributed by atoms with Crippen LogP contribution in [0.1, 0.15) is 15.9 Å². The van der Waals surface area contributed by atoms with E-state index in [2.05, 4.69) is 10.0 Å². The highest BCUT2D eigenvalue weighted by molar-refractivity contribution is 7.92. The van der Waals surface area contributed by atoms with E-state index in [1.54, 1.807) is 53.4 Å². The topological polar surface area (TPSA) is 125 Å². The van der Waals surface area contributed by atoms with Crippen molar-refractivity contribution in [3.63, 3.8) is 0 Å². The number of amides is 2. The van der Waals surface area contributed by atoms with Crippen LogP contribution in [0.4, 0.5) is 17.1 Å². The standard InChI is InChI=1S/C27H30ClN5O4S/c1-38(36,37)31-23-8-4-5-9-25(23)32-14-16-33(17-15-32)27(35)24(18-19-10-12-20(28)13-11-19)30-26(34)21-6-2-3-7-22(21)29/h2-13,24,31H,14-18,29H2,1H3,(H,30,34)/t24-/m1/s1. The van der Waals surface area contributed by atoms with Gasteiger partial charge in [0.25, 0.3) is 5.91 Å². The fraction of sp³-hybridized carbons (Fsp3) is 0.259. The molecule has 0 spiro atoms. The van der Waals surface area contributed by atoms with Crippen molar-refractivity contribution >= 4 is 50.5 Å². The molecule has 200 valence electrons. The number of nitrogens with one attached hydrogen (secondary N) is 2. The molecule has 1 saturated heterocycles. The smallest absolute Gasteiger partial charge is 0.254 e. The van der Waals surface area contributed by atoms with Gasteiger partial charge in [-0.05, 0) is 42.0 Å². The van der Waals surface area contributed by atoms with Crippen molar-refractivity contribution in [2.75, 3.05) is 47.8 Å². The normalized spacial score (nSPS) is 14.6. The summed E-state index contributed by atoms with van der Waals surface area (Å²) in [6.45, 7) is 1.82. The number of rotatable bonds is 8. The maximum absolute atomic E-state index is 13.7. The van der Waals surface area contributed by atoms with Gasteiger partial charge in [-0.2, -0.15) is 0 Å². The van der Waals surface area contributed by atoms with E-state index in [0.717, 1.165) is 17.5 Å². The Morgan fingerprint density at radius 3 is 2.24 bits per heavy atom. The average molecular weight is 556 g/mol. The molecule has 2 amide bonds. The minimum Gasteiger partial charge on any atom is -0.398 e. The number of sulfonamides is 1. The summed E-state index contributed by atoms with van der Waals surface area (Å²) in [5, 5.41) is 3.46. The van der Waals surface area contributed by atoms with Crippen molar-refractivity contribution in [2.24, 2.45) is 0 Å². The van der Waals surface area contributed by atoms with Gasteiger partial charge in [0.15, 0.2) is 0 Å². The van der Waals surface area contributed by atoms with Gasteiger partial charge in [0.05, 0.1) is 23.2 Å². The molecule has 1 aliphatic heterocycles. The summed E-state index contributed by atoms with van der Waals surface area (Å²) in [6, 6.07) is 20.2. The second-order valence-corrected chi connectivity index (χ2v) is 11.3. The SMILES string of the molecule is CS(=O)(=O)Nc1ccccc1N1CCN(C(=O)[C@@H](Cc2ccc(Cl)cc2)NC(=O)c2ccccc2N)CC1. The van der Waals surface area contributed by atoms with Crippen molar-refractivity contribution in [1.29, 1.82) is 0 Å². The number of anilines is 3. The Morgan fingerprint density at radius 1 is 0.947 bits per heavy atom. The molecule has 1 heterocycles. The highest BCUT2D eigenvalue weighted by atomic mass is 35.5. The summed E-state index contributed by atoms with van der Waals surface area (Å²) < 4.78 is 26.2. The van der Waals surface area contributed by atoms with Crippen LogP contribution in [-0.2, 0) is 21.2 Å². The fourth-order valence-electron chi connectivity index (χ4n) is 4.42. The summed E-state index contributed by atoms with van der Waals surface area (Å²) in [4.78, 5) is 30.5. The second-order valence-electron chi connectivity index (χ2n) is 9.15. The first-order valence-electron chi connectivity index (χ1n) is 12.1. The molecule has 4 N–H and O–H groups in total. The molecular weight excluding hydrogens is 526 g/mol. The molecule has 1 atom stereocenters. The molecule has 9 nitrogen and oxygen atoms in total. The molecule has 0 bridgehead atoms. The van der Waals surface area contributed by atoms with E-state index in [-0.39, 0.29) is 12.3 Å². The van der Waals surface area contributed by atoms with Gasteiger partial charge in [0.2, 0.25) is 15.9 Å². The third kappa shape index (κ3) is 6.96. The number of benzene rings is 3. The minimum atomic E-state index is -3.44. The largest absolute Gasteiger partial charge is 0.398 e. The zero-order valence-electron chi connectivity index (χ0n) is 20.9. The quantitative estimate of drug-likeness (QED) is 0.367. The highest BCUT2D eigenvalue weighted by Gasteiger charge is 2.30. The maximum Gasteiger partial charge on any atom is 0.254 e. The van der Waals surface area contributed by atoms with E-state index >= 15 is 0 Å². The van der Waals surface area contributed by atoms with Gasteiger partial charge in [0.1, 0.15) is 6.04 Å². The van der Waals surface area contributed by atoms with E-state index in [1.165, 1.54) is 0 Å². The summed E-state index contributed by atoms with van der Waals surface area (Å²) in [5.41, 5.74) is 8.72. The number of para-hydroxylation sites is 3. The average Bonchev–Trinajstić information content (AvgIpc) is 2.89. The predicted octanol–water partition coefficient (Wildman–Crippen LogP) is 2.98. The van der Waals surface area contributed by atoms with Crippen LogP contribution in [-0.4, -0.2) is 63.6 Å². The highest BCUT2D eigenvalue weighted by Crippen LogP contribution is 2.27. The Labute approximate surface area is 227 Å². The Morgan fingerprint density at radius 2 is 1.58 bits per heavy atom. The first-order chi connectivity index (χ1) is 18.1. The van der Waals surface area contributed by atoms with Gasteiger partial charge in [0, 0.05) is 43.3 Å². The molecule has 0 unspecified atom stereocenters. The monoisotopic (exact) mass is 555 g/mol. The van der Waals surface area contributed by atoms with Crippen LogP contribution in [0.25, 0.3) is 0 Å². The number of carbonyl (C=O) groups is 2. The number of nitrogen functional groups attached to an aromatic ring is 1. The number of nitrogens with two attached hydrogens (primary N) is 1. The molecule has 3 aromatic rings. The van der Waals surface area contributed by atoms with Gasteiger partial charge in [-0.15, -0.1) is 0 Å². The van der Waals surface area contributed by atoms with E-state index < -0.39 is 22.0 Å². The number of hydrogen-bond acceptors (Lipinski definition) is 6. The third-order valence-corrected chi connectivity index (χ3v) is 7.14. The van der Waals surface area contributed by atoms with Gasteiger partial charge < -0.3 is 20.9 Å². The van der Waals surface area contributed by atoms with Crippen molar-refractivity contribution in [1.82, 2.24) is 10.2 Å². The fourth-order valence-corrected chi connectivity index (χ4v) is 5.12. The third-order valence-electron chi connectivity index (χ3n) is 6.29. The predicted molar refractivity (Wildman–Crippen MR) is 151 cm³/mol. The molecular formula is C27H30ClN5O4S. The minimum absolute atomic E-state index is 0.204. The summed E-state index contributed by atoms with van der Waals surface area (Å²) in [7, 11) is -3.44. The van der Waals surface area contributed by atoms with Crippen LogP contribution >= 0.6 is 11.6 Å². The number of halogens is 1. The molecule has 0 radical (unpaired) electrons. The molecule has 4 rings (SSSR count). The number of carbonyl (C=O) groups excluding carboxylic acids is 2. The van der Waals surface area contributed by atoms with E-state index in [9.17, 15) is 18.0 Å². The molecule has 3 aromatic carbocycles. The summed E-state index contributed by atoms with van der Waals surface area (Å²) in [6.07, 6.45) is 1.40. The van der Waals surface area contributed by atoms with Crippen molar-refractivity contribution < 1.29 is 18.0 Å². The van der Waals surface area contributed by atoms with Crippen LogP contribution in [0.3, 0.4) is 0 Å². The Balaban J connectivity index is 1.49. The molecule has 1 fully saturated rings. The first kappa shape index (κ1) is 27.3. The molecule has 0 aromatic heterocycles. The van der Waals surface area contributed by atoms with Crippen LogP contribution < -0.4 is 20.7 Å². The zero-order valence-corrected chi connectivity index (χ0v) is 22.5. The zero-order chi connectivity index (χ0) is 27.3. The van der Waals surface area contributed by atoms with Gasteiger partial charge >= 0.3 is 0 Å². The summed E-state index contributed by atoms with van der Waals surface area (Å²) in [5.74, 6) is -0.625. The lowest BCUT2D eigenvalue weighted by Gasteiger charge is -2.38. The van der Waals surface area contributed by atoms with Crippen LogP contribution in [0.2, 0.25) is 5.02 Å². The number of piperazine rings is 1. The van der Waals surface area contributed by atoms with E-state index in [4.69, 9.17) is 17.3 Å². The number of hydrogen-bond donors (Lipinski definition) is 3. The van der Waals surface area contributed by atoms with Gasteiger partial charge in [-0.25, -0.2) is 8.42 Å². The van der Waals surface area contributed by atoms with Crippen LogP contribution in [0.5, 0.6) is 0 Å².